The van der Waals surface area contributed by atoms with Crippen LogP contribution in [0.1, 0.15) is 58.3 Å². The van der Waals surface area contributed by atoms with E-state index in [1.807, 2.05) is 0 Å². The summed E-state index contributed by atoms with van der Waals surface area (Å²) in [4.78, 5) is 0. The van der Waals surface area contributed by atoms with Crippen LogP contribution in [0.2, 0.25) is 0 Å². The zero-order chi connectivity index (χ0) is 10.7. The topological polar surface area (TPSA) is 26.0 Å². The van der Waals surface area contributed by atoms with Crippen molar-refractivity contribution >= 4 is 0 Å². The maximum absolute atomic E-state index is 6.42. The van der Waals surface area contributed by atoms with Gasteiger partial charge >= 0.3 is 0 Å². The van der Waals surface area contributed by atoms with Crippen LogP contribution >= 0.6 is 0 Å². The zero-order valence-corrected chi connectivity index (χ0v) is 10.0. The Morgan fingerprint density at radius 3 is 2.80 bits per heavy atom. The van der Waals surface area contributed by atoms with Crippen molar-refractivity contribution < 1.29 is 0 Å². The molecule has 1 saturated carbocycles. The quantitative estimate of drug-likeness (QED) is 0.687. The number of hydrogen-bond donors (Lipinski definition) is 1. The Balaban J connectivity index is 1.93. The van der Waals surface area contributed by atoms with Crippen molar-refractivity contribution in [2.75, 3.05) is 0 Å². The van der Waals surface area contributed by atoms with E-state index in [0.717, 1.165) is 11.8 Å². The molecule has 0 heterocycles. The smallest absolute Gasteiger partial charge is 0.0282 e. The molecular weight excluding hydrogens is 182 g/mol. The van der Waals surface area contributed by atoms with Crippen LogP contribution in [0.4, 0.5) is 0 Å². The Labute approximate surface area is 94.1 Å². The Morgan fingerprint density at radius 1 is 1.27 bits per heavy atom. The number of allylic oxidation sites excluding steroid dienone is 1. The van der Waals surface area contributed by atoms with Gasteiger partial charge in [0.2, 0.25) is 0 Å². The van der Waals surface area contributed by atoms with Crippen molar-refractivity contribution in [1.29, 1.82) is 0 Å². The van der Waals surface area contributed by atoms with Gasteiger partial charge in [-0.2, -0.15) is 0 Å². The van der Waals surface area contributed by atoms with Crippen LogP contribution in [0.15, 0.2) is 11.6 Å². The molecule has 1 nitrogen and oxygen atoms in total. The van der Waals surface area contributed by atoms with Crippen LogP contribution < -0.4 is 5.73 Å². The van der Waals surface area contributed by atoms with Crippen LogP contribution in [0, 0.1) is 11.8 Å². The molecule has 0 aromatic carbocycles. The molecule has 0 radical (unpaired) electrons. The van der Waals surface area contributed by atoms with Gasteiger partial charge < -0.3 is 5.73 Å². The largest absolute Gasteiger partial charge is 0.324 e. The van der Waals surface area contributed by atoms with Gasteiger partial charge in [0.15, 0.2) is 0 Å². The van der Waals surface area contributed by atoms with Crippen molar-refractivity contribution in [2.45, 2.75) is 64.3 Å². The predicted octanol–water partition coefficient (Wildman–Crippen LogP) is 3.64. The van der Waals surface area contributed by atoms with Crippen molar-refractivity contribution in [3.63, 3.8) is 0 Å². The molecule has 3 unspecified atom stereocenters. The summed E-state index contributed by atoms with van der Waals surface area (Å²) < 4.78 is 0. The third-order valence-electron chi connectivity index (χ3n) is 4.24. The fraction of sp³-hybridized carbons (Fsp3) is 0.857. The Bertz CT molecular complexity index is 231. The van der Waals surface area contributed by atoms with E-state index in [0.29, 0.717) is 6.04 Å². The lowest BCUT2D eigenvalue weighted by molar-refractivity contribution is 0.257. The second-order valence-electron chi connectivity index (χ2n) is 5.58. The Kier molecular flexibility index (Phi) is 3.85. The third-order valence-corrected chi connectivity index (χ3v) is 4.24. The van der Waals surface area contributed by atoms with E-state index in [2.05, 4.69) is 13.0 Å². The molecule has 2 N–H and O–H groups in total. The van der Waals surface area contributed by atoms with E-state index in [9.17, 15) is 0 Å². The molecule has 1 fully saturated rings. The first-order chi connectivity index (χ1) is 7.27. The second-order valence-corrected chi connectivity index (χ2v) is 5.58. The van der Waals surface area contributed by atoms with Crippen molar-refractivity contribution in [2.24, 2.45) is 17.6 Å². The van der Waals surface area contributed by atoms with Crippen LogP contribution in [-0.2, 0) is 0 Å². The monoisotopic (exact) mass is 207 g/mol. The first-order valence-corrected chi connectivity index (χ1v) is 6.72. The minimum absolute atomic E-state index is 0.382. The fourth-order valence-corrected chi connectivity index (χ4v) is 3.28. The van der Waals surface area contributed by atoms with E-state index in [4.69, 9.17) is 5.73 Å². The summed E-state index contributed by atoms with van der Waals surface area (Å²) >= 11 is 0. The van der Waals surface area contributed by atoms with Gasteiger partial charge in [-0.3, -0.25) is 0 Å². The first kappa shape index (κ1) is 11.2. The highest BCUT2D eigenvalue weighted by atomic mass is 14.7. The fourth-order valence-electron chi connectivity index (χ4n) is 3.28. The van der Waals surface area contributed by atoms with Crippen LogP contribution in [0.3, 0.4) is 0 Å². The maximum atomic E-state index is 6.42. The van der Waals surface area contributed by atoms with E-state index in [1.54, 1.807) is 5.57 Å². The molecule has 2 aliphatic rings. The zero-order valence-electron chi connectivity index (χ0n) is 10.0. The minimum atomic E-state index is 0.382. The van der Waals surface area contributed by atoms with Gasteiger partial charge in [0.1, 0.15) is 0 Å². The molecule has 0 aromatic heterocycles. The highest BCUT2D eigenvalue weighted by Crippen LogP contribution is 2.34. The first-order valence-electron chi connectivity index (χ1n) is 6.72. The van der Waals surface area contributed by atoms with Gasteiger partial charge in [-0.15, -0.1) is 0 Å². The third kappa shape index (κ3) is 2.84. The van der Waals surface area contributed by atoms with Crippen molar-refractivity contribution in [3.8, 4) is 0 Å². The van der Waals surface area contributed by atoms with E-state index in [1.165, 1.54) is 51.4 Å². The van der Waals surface area contributed by atoms with Gasteiger partial charge in [0.25, 0.3) is 0 Å². The van der Waals surface area contributed by atoms with Gasteiger partial charge in [-0.05, 0) is 50.4 Å². The average molecular weight is 207 g/mol. The van der Waals surface area contributed by atoms with Crippen LogP contribution in [-0.4, -0.2) is 6.04 Å². The van der Waals surface area contributed by atoms with Gasteiger partial charge in [0.05, 0.1) is 0 Å². The molecule has 15 heavy (non-hydrogen) atoms. The second kappa shape index (κ2) is 5.16. The van der Waals surface area contributed by atoms with Gasteiger partial charge in [-0.25, -0.2) is 0 Å². The summed E-state index contributed by atoms with van der Waals surface area (Å²) in [6, 6.07) is 0.382. The van der Waals surface area contributed by atoms with Gasteiger partial charge in [0, 0.05) is 6.04 Å². The molecule has 0 bridgehead atoms. The van der Waals surface area contributed by atoms with Gasteiger partial charge in [-0.1, -0.05) is 31.4 Å². The average Bonchev–Trinajstić information content (AvgIpc) is 2.29. The molecule has 0 aliphatic heterocycles. The number of hydrogen-bond acceptors (Lipinski definition) is 1. The molecule has 0 saturated heterocycles. The lowest BCUT2D eigenvalue weighted by atomic mass is 9.75. The Morgan fingerprint density at radius 2 is 2.13 bits per heavy atom. The summed E-state index contributed by atoms with van der Waals surface area (Å²) in [6.07, 6.45) is 13.2. The lowest BCUT2D eigenvalue weighted by Crippen LogP contribution is -2.35. The van der Waals surface area contributed by atoms with Crippen molar-refractivity contribution in [1.82, 2.24) is 0 Å². The number of nitrogens with two attached hydrogens (primary N) is 1. The van der Waals surface area contributed by atoms with E-state index in [-0.39, 0.29) is 0 Å². The minimum Gasteiger partial charge on any atom is -0.324 e. The van der Waals surface area contributed by atoms with Crippen molar-refractivity contribution in [3.05, 3.63) is 11.6 Å². The number of rotatable bonds is 2. The molecule has 86 valence electrons. The molecule has 0 spiro atoms. The summed E-state index contributed by atoms with van der Waals surface area (Å²) in [7, 11) is 0. The highest BCUT2D eigenvalue weighted by molar-refractivity contribution is 5.14. The summed E-state index contributed by atoms with van der Waals surface area (Å²) in [5, 5.41) is 0. The SMILES string of the molecule is CC1CCCC(C(N)C2=CCCCC2)C1. The molecule has 3 atom stereocenters. The summed E-state index contributed by atoms with van der Waals surface area (Å²) in [5.74, 6) is 1.68. The molecule has 2 aliphatic carbocycles. The Hall–Kier alpha value is -0.300. The lowest BCUT2D eigenvalue weighted by Gasteiger charge is -2.33. The summed E-state index contributed by atoms with van der Waals surface area (Å²) in [5.41, 5.74) is 7.99. The van der Waals surface area contributed by atoms with E-state index >= 15 is 0 Å². The molecule has 0 amide bonds. The van der Waals surface area contributed by atoms with Crippen LogP contribution in [0.25, 0.3) is 0 Å². The van der Waals surface area contributed by atoms with Crippen LogP contribution in [0.5, 0.6) is 0 Å². The molecule has 2 rings (SSSR count). The van der Waals surface area contributed by atoms with E-state index < -0.39 is 0 Å². The molecule has 1 heteroatoms. The standard InChI is InChI=1S/C14H25N/c1-11-6-5-9-13(10-11)14(15)12-7-3-2-4-8-12/h7,11,13-14H,2-6,8-10,15H2,1H3. The summed E-state index contributed by atoms with van der Waals surface area (Å²) in [6.45, 7) is 2.38. The molecular formula is C14H25N. The maximum Gasteiger partial charge on any atom is 0.0282 e. The normalized spacial score (nSPS) is 34.7. The molecule has 0 aromatic rings. The predicted molar refractivity (Wildman–Crippen MR) is 65.6 cm³/mol. The highest BCUT2D eigenvalue weighted by Gasteiger charge is 2.26.